The lowest BCUT2D eigenvalue weighted by atomic mass is 10.1. The third-order valence-corrected chi connectivity index (χ3v) is 2.75. The van der Waals surface area contributed by atoms with Gasteiger partial charge in [0, 0.05) is 11.6 Å². The zero-order chi connectivity index (χ0) is 14.0. The number of hydrogen-bond donors (Lipinski definition) is 1. The molecule has 0 saturated heterocycles. The van der Waals surface area contributed by atoms with E-state index in [4.69, 9.17) is 0 Å². The molecule has 1 atom stereocenters. The molecule has 2 rings (SSSR count). The van der Waals surface area contributed by atoms with Crippen LogP contribution in [0.2, 0.25) is 0 Å². The van der Waals surface area contributed by atoms with Crippen LogP contribution < -0.4 is 5.32 Å². The molecule has 1 unspecified atom stereocenters. The molecule has 0 saturated carbocycles. The number of benzene rings is 2. The second-order valence-electron chi connectivity index (χ2n) is 4.13. The van der Waals surface area contributed by atoms with E-state index < -0.39 is 29.3 Å². The summed E-state index contributed by atoms with van der Waals surface area (Å²) >= 11 is 0. The van der Waals surface area contributed by atoms with Crippen LogP contribution in [0, 0.1) is 23.3 Å². The van der Waals surface area contributed by atoms with Crippen molar-refractivity contribution in [2.45, 2.75) is 13.0 Å². The first-order chi connectivity index (χ1) is 8.99. The SMILES string of the molecule is CC(Nc1c(F)cccc1F)c1ccc(F)cc1F. The van der Waals surface area contributed by atoms with Gasteiger partial charge in [-0.1, -0.05) is 12.1 Å². The third kappa shape index (κ3) is 2.86. The summed E-state index contributed by atoms with van der Waals surface area (Å²) < 4.78 is 53.2. The fourth-order valence-electron chi connectivity index (χ4n) is 1.78. The molecule has 1 nitrogen and oxygen atoms in total. The molecule has 5 heteroatoms. The summed E-state index contributed by atoms with van der Waals surface area (Å²) in [5, 5.41) is 2.54. The van der Waals surface area contributed by atoms with Crippen LogP contribution in [0.3, 0.4) is 0 Å². The Kier molecular flexibility index (Phi) is 3.74. The van der Waals surface area contributed by atoms with E-state index in [-0.39, 0.29) is 11.3 Å². The molecule has 0 heterocycles. The number of hydrogen-bond acceptors (Lipinski definition) is 1. The molecule has 0 spiro atoms. The van der Waals surface area contributed by atoms with E-state index in [1.807, 2.05) is 0 Å². The Balaban J connectivity index is 2.28. The highest BCUT2D eigenvalue weighted by atomic mass is 19.1. The fraction of sp³-hybridized carbons (Fsp3) is 0.143. The number of halogens is 4. The average molecular weight is 269 g/mol. The van der Waals surface area contributed by atoms with Gasteiger partial charge >= 0.3 is 0 Å². The zero-order valence-corrected chi connectivity index (χ0v) is 10.1. The standard InChI is InChI=1S/C14H11F4N/c1-8(10-6-5-9(15)7-13(10)18)19-14-11(16)3-2-4-12(14)17/h2-8,19H,1H3. The van der Waals surface area contributed by atoms with E-state index in [1.165, 1.54) is 19.1 Å². The smallest absolute Gasteiger partial charge is 0.149 e. The van der Waals surface area contributed by atoms with Crippen molar-refractivity contribution < 1.29 is 17.6 Å². The van der Waals surface area contributed by atoms with Crippen molar-refractivity contribution in [3.8, 4) is 0 Å². The number of nitrogens with one attached hydrogen (secondary N) is 1. The zero-order valence-electron chi connectivity index (χ0n) is 10.1. The molecule has 0 fully saturated rings. The van der Waals surface area contributed by atoms with Gasteiger partial charge in [0.1, 0.15) is 29.0 Å². The van der Waals surface area contributed by atoms with E-state index in [1.54, 1.807) is 0 Å². The highest BCUT2D eigenvalue weighted by Crippen LogP contribution is 2.25. The Bertz CT molecular complexity index is 578. The van der Waals surface area contributed by atoms with E-state index >= 15 is 0 Å². The minimum Gasteiger partial charge on any atom is -0.374 e. The summed E-state index contributed by atoms with van der Waals surface area (Å²) in [6.45, 7) is 1.53. The minimum atomic E-state index is -0.769. The van der Waals surface area contributed by atoms with Crippen molar-refractivity contribution in [2.24, 2.45) is 0 Å². The average Bonchev–Trinajstić information content (AvgIpc) is 2.33. The van der Waals surface area contributed by atoms with Crippen LogP contribution in [-0.2, 0) is 0 Å². The molecule has 0 radical (unpaired) electrons. The van der Waals surface area contributed by atoms with Gasteiger partial charge in [0.25, 0.3) is 0 Å². The number of anilines is 1. The van der Waals surface area contributed by atoms with Crippen LogP contribution in [0.15, 0.2) is 36.4 Å². The van der Waals surface area contributed by atoms with Gasteiger partial charge in [-0.3, -0.25) is 0 Å². The maximum Gasteiger partial charge on any atom is 0.149 e. The summed E-state index contributed by atoms with van der Waals surface area (Å²) in [6.07, 6.45) is 0. The fourth-order valence-corrected chi connectivity index (χ4v) is 1.78. The lowest BCUT2D eigenvalue weighted by Crippen LogP contribution is -2.11. The van der Waals surface area contributed by atoms with Crippen LogP contribution >= 0.6 is 0 Å². The Morgan fingerprint density at radius 2 is 1.53 bits per heavy atom. The van der Waals surface area contributed by atoms with Crippen LogP contribution in [-0.4, -0.2) is 0 Å². The molecule has 2 aromatic rings. The summed E-state index contributed by atoms with van der Waals surface area (Å²) in [5.41, 5.74) is -0.206. The molecule has 0 aliphatic rings. The molecular formula is C14H11F4N. The van der Waals surface area contributed by atoms with Crippen molar-refractivity contribution >= 4 is 5.69 Å². The second-order valence-corrected chi connectivity index (χ2v) is 4.13. The largest absolute Gasteiger partial charge is 0.374 e. The summed E-state index contributed by atoms with van der Waals surface area (Å²) in [7, 11) is 0. The first-order valence-electron chi connectivity index (χ1n) is 5.64. The summed E-state index contributed by atoms with van der Waals surface area (Å²) in [4.78, 5) is 0. The molecule has 0 amide bonds. The predicted molar refractivity (Wildman–Crippen MR) is 64.8 cm³/mol. The molecule has 1 N–H and O–H groups in total. The lowest BCUT2D eigenvalue weighted by molar-refractivity contribution is 0.560. The van der Waals surface area contributed by atoms with Gasteiger partial charge in [0.05, 0.1) is 6.04 Å². The molecule has 2 aromatic carbocycles. The van der Waals surface area contributed by atoms with Gasteiger partial charge in [0.15, 0.2) is 0 Å². The highest BCUT2D eigenvalue weighted by molar-refractivity contribution is 5.48. The van der Waals surface area contributed by atoms with E-state index in [2.05, 4.69) is 5.32 Å². The van der Waals surface area contributed by atoms with E-state index in [0.29, 0.717) is 0 Å². The van der Waals surface area contributed by atoms with Gasteiger partial charge < -0.3 is 5.32 Å². The quantitative estimate of drug-likeness (QED) is 0.813. The van der Waals surface area contributed by atoms with Crippen molar-refractivity contribution in [3.63, 3.8) is 0 Å². The highest BCUT2D eigenvalue weighted by Gasteiger charge is 2.15. The maximum atomic E-state index is 13.5. The van der Waals surface area contributed by atoms with E-state index in [0.717, 1.165) is 24.3 Å². The Morgan fingerprint density at radius 1 is 0.895 bits per heavy atom. The van der Waals surface area contributed by atoms with Gasteiger partial charge in [-0.2, -0.15) is 0 Å². The lowest BCUT2D eigenvalue weighted by Gasteiger charge is -2.17. The third-order valence-electron chi connectivity index (χ3n) is 2.75. The minimum absolute atomic E-state index is 0.129. The first-order valence-corrected chi connectivity index (χ1v) is 5.64. The maximum absolute atomic E-state index is 13.5. The topological polar surface area (TPSA) is 12.0 Å². The molecule has 0 aliphatic heterocycles. The normalized spacial score (nSPS) is 12.3. The molecule has 0 aromatic heterocycles. The van der Waals surface area contributed by atoms with Gasteiger partial charge in [0.2, 0.25) is 0 Å². The van der Waals surface area contributed by atoms with Gasteiger partial charge in [-0.15, -0.1) is 0 Å². The Morgan fingerprint density at radius 3 is 2.11 bits per heavy atom. The molecule has 19 heavy (non-hydrogen) atoms. The summed E-state index contributed by atoms with van der Waals surface area (Å²) in [5.74, 6) is -3.01. The first kappa shape index (κ1) is 13.4. The molecule has 100 valence electrons. The van der Waals surface area contributed by atoms with Crippen LogP contribution in [0.4, 0.5) is 23.2 Å². The van der Waals surface area contributed by atoms with Crippen LogP contribution in [0.25, 0.3) is 0 Å². The second kappa shape index (κ2) is 5.30. The van der Waals surface area contributed by atoms with Crippen molar-refractivity contribution in [1.82, 2.24) is 0 Å². The van der Waals surface area contributed by atoms with Crippen molar-refractivity contribution in [1.29, 1.82) is 0 Å². The molecular weight excluding hydrogens is 258 g/mol. The van der Waals surface area contributed by atoms with Crippen molar-refractivity contribution in [2.75, 3.05) is 5.32 Å². The van der Waals surface area contributed by atoms with Crippen LogP contribution in [0.1, 0.15) is 18.5 Å². The molecule has 0 bridgehead atoms. The monoisotopic (exact) mass is 269 g/mol. The van der Waals surface area contributed by atoms with Gasteiger partial charge in [-0.25, -0.2) is 17.6 Å². The Hall–Kier alpha value is -2.04. The summed E-state index contributed by atoms with van der Waals surface area (Å²) in [6, 6.07) is 5.78. The van der Waals surface area contributed by atoms with Gasteiger partial charge in [-0.05, 0) is 25.1 Å². The Labute approximate surface area is 107 Å². The predicted octanol–water partition coefficient (Wildman–Crippen LogP) is 4.42. The van der Waals surface area contributed by atoms with Crippen LogP contribution in [0.5, 0.6) is 0 Å². The van der Waals surface area contributed by atoms with E-state index in [9.17, 15) is 17.6 Å². The number of para-hydroxylation sites is 1. The number of rotatable bonds is 3. The van der Waals surface area contributed by atoms with Crippen molar-refractivity contribution in [3.05, 3.63) is 65.2 Å². The molecule has 0 aliphatic carbocycles.